The van der Waals surface area contributed by atoms with Crippen molar-refractivity contribution in [2.45, 2.75) is 26.2 Å². The van der Waals surface area contributed by atoms with Crippen molar-refractivity contribution in [3.8, 4) is 5.69 Å². The molecule has 0 atom stereocenters. The Labute approximate surface area is 136 Å². The summed E-state index contributed by atoms with van der Waals surface area (Å²) >= 11 is 0. The van der Waals surface area contributed by atoms with E-state index in [0.29, 0.717) is 5.82 Å². The number of carbonyl (C=O) groups is 1. The molecule has 0 radical (unpaired) electrons. The number of hydrogen-bond acceptors (Lipinski definition) is 4. The normalized spacial score (nSPS) is 12.2. The average Bonchev–Trinajstić information content (AvgIpc) is 2.81. The predicted molar refractivity (Wildman–Crippen MR) is 90.6 cm³/mol. The van der Waals surface area contributed by atoms with E-state index in [2.05, 4.69) is 10.4 Å². The molecule has 7 heteroatoms. The molecule has 6 nitrogen and oxygen atoms in total. The SMILES string of the molecule is CC(C)(C)c1cc(NC(=O)CS(C)(=O)=O)n(-c2ccccc2)n1. The first-order valence-electron chi connectivity index (χ1n) is 7.20. The van der Waals surface area contributed by atoms with Crippen molar-refractivity contribution < 1.29 is 13.2 Å². The highest BCUT2D eigenvalue weighted by atomic mass is 32.2. The molecule has 1 N–H and O–H groups in total. The van der Waals surface area contributed by atoms with Crippen LogP contribution in [-0.2, 0) is 20.0 Å². The number of rotatable bonds is 4. The van der Waals surface area contributed by atoms with Crippen molar-refractivity contribution >= 4 is 21.6 Å². The van der Waals surface area contributed by atoms with Gasteiger partial charge >= 0.3 is 0 Å². The van der Waals surface area contributed by atoms with Gasteiger partial charge in [0.25, 0.3) is 0 Å². The van der Waals surface area contributed by atoms with Gasteiger partial charge in [0, 0.05) is 17.7 Å². The molecule has 0 saturated heterocycles. The molecule has 0 saturated carbocycles. The maximum atomic E-state index is 11.9. The van der Waals surface area contributed by atoms with Gasteiger partial charge in [-0.2, -0.15) is 5.10 Å². The highest BCUT2D eigenvalue weighted by Gasteiger charge is 2.22. The smallest absolute Gasteiger partial charge is 0.240 e. The Hall–Kier alpha value is -2.15. The van der Waals surface area contributed by atoms with Crippen molar-refractivity contribution in [1.29, 1.82) is 0 Å². The van der Waals surface area contributed by atoms with Gasteiger partial charge in [0.2, 0.25) is 5.91 Å². The van der Waals surface area contributed by atoms with Gasteiger partial charge in [-0.3, -0.25) is 4.79 Å². The Morgan fingerprint density at radius 2 is 1.83 bits per heavy atom. The van der Waals surface area contributed by atoms with Crippen LogP contribution >= 0.6 is 0 Å². The fraction of sp³-hybridized carbons (Fsp3) is 0.375. The van der Waals surface area contributed by atoms with Crippen molar-refractivity contribution in [2.75, 3.05) is 17.3 Å². The molecule has 2 aromatic rings. The summed E-state index contributed by atoms with van der Waals surface area (Å²) < 4.78 is 24.1. The van der Waals surface area contributed by atoms with E-state index in [0.717, 1.165) is 17.6 Å². The number of anilines is 1. The summed E-state index contributed by atoms with van der Waals surface area (Å²) in [5.74, 6) is -0.683. The fourth-order valence-electron chi connectivity index (χ4n) is 2.02. The molecule has 0 aliphatic carbocycles. The zero-order valence-electron chi connectivity index (χ0n) is 13.7. The largest absolute Gasteiger partial charge is 0.310 e. The molecule has 124 valence electrons. The number of carbonyl (C=O) groups excluding carboxylic acids is 1. The summed E-state index contributed by atoms with van der Waals surface area (Å²) in [6.07, 6.45) is 1.03. The van der Waals surface area contributed by atoms with Crippen LogP contribution in [0.1, 0.15) is 26.5 Å². The van der Waals surface area contributed by atoms with Gasteiger partial charge in [-0.1, -0.05) is 39.0 Å². The Balaban J connectivity index is 2.41. The molecule has 2 rings (SSSR count). The van der Waals surface area contributed by atoms with Gasteiger partial charge in [0.05, 0.1) is 11.4 Å². The number of benzene rings is 1. The van der Waals surface area contributed by atoms with Crippen LogP contribution in [0.25, 0.3) is 5.69 Å². The van der Waals surface area contributed by atoms with Crippen LogP contribution in [0.4, 0.5) is 5.82 Å². The highest BCUT2D eigenvalue weighted by molar-refractivity contribution is 7.91. The van der Waals surface area contributed by atoms with E-state index >= 15 is 0 Å². The molecule has 0 bridgehead atoms. The van der Waals surface area contributed by atoms with Crippen molar-refractivity contribution in [3.05, 3.63) is 42.1 Å². The van der Waals surface area contributed by atoms with Crippen molar-refractivity contribution in [3.63, 3.8) is 0 Å². The first kappa shape index (κ1) is 17.2. The average molecular weight is 335 g/mol. The van der Waals surface area contributed by atoms with Crippen LogP contribution in [0.2, 0.25) is 0 Å². The molecule has 0 aliphatic heterocycles. The zero-order chi connectivity index (χ0) is 17.3. The standard InChI is InChI=1S/C16H21N3O3S/c1-16(2,3)13-10-14(17-15(20)11-23(4,21)22)19(18-13)12-8-6-5-7-9-12/h5-10H,11H2,1-4H3,(H,17,20). The quantitative estimate of drug-likeness (QED) is 0.928. The predicted octanol–water partition coefficient (Wildman–Crippen LogP) is 2.15. The summed E-state index contributed by atoms with van der Waals surface area (Å²) in [5, 5.41) is 7.19. The van der Waals surface area contributed by atoms with Crippen LogP contribution in [0, 0.1) is 0 Å². The minimum atomic E-state index is -3.38. The Morgan fingerprint density at radius 3 is 2.35 bits per heavy atom. The minimum absolute atomic E-state index is 0.198. The summed E-state index contributed by atoms with van der Waals surface area (Å²) in [7, 11) is -3.38. The highest BCUT2D eigenvalue weighted by Crippen LogP contribution is 2.26. The van der Waals surface area contributed by atoms with Crippen LogP contribution < -0.4 is 5.32 Å². The third-order valence-electron chi connectivity index (χ3n) is 3.14. The van der Waals surface area contributed by atoms with Gasteiger partial charge in [0.1, 0.15) is 11.6 Å². The Kier molecular flexibility index (Phi) is 4.61. The number of para-hydroxylation sites is 1. The second kappa shape index (κ2) is 6.16. The summed E-state index contributed by atoms with van der Waals surface area (Å²) in [4.78, 5) is 11.9. The van der Waals surface area contributed by atoms with Crippen molar-refractivity contribution in [1.82, 2.24) is 9.78 Å². The topological polar surface area (TPSA) is 81.1 Å². The fourth-order valence-corrected chi connectivity index (χ4v) is 2.57. The van der Waals surface area contributed by atoms with Crippen LogP contribution in [-0.4, -0.2) is 36.1 Å². The lowest BCUT2D eigenvalue weighted by atomic mass is 9.92. The molecule has 1 aromatic carbocycles. The van der Waals surface area contributed by atoms with Gasteiger partial charge in [-0.15, -0.1) is 0 Å². The van der Waals surface area contributed by atoms with E-state index in [-0.39, 0.29) is 5.41 Å². The molecular formula is C16H21N3O3S. The van der Waals surface area contributed by atoms with Crippen LogP contribution in [0.5, 0.6) is 0 Å². The zero-order valence-corrected chi connectivity index (χ0v) is 14.5. The monoisotopic (exact) mass is 335 g/mol. The van der Waals surface area contributed by atoms with E-state index in [9.17, 15) is 13.2 Å². The number of nitrogens with zero attached hydrogens (tertiary/aromatic N) is 2. The second-order valence-corrected chi connectivity index (χ2v) is 8.67. The Bertz CT molecular complexity index is 803. The number of amides is 1. The molecule has 23 heavy (non-hydrogen) atoms. The second-order valence-electron chi connectivity index (χ2n) is 6.53. The lowest BCUT2D eigenvalue weighted by Crippen LogP contribution is -2.23. The van der Waals surface area contributed by atoms with Gasteiger partial charge < -0.3 is 5.32 Å². The van der Waals surface area contributed by atoms with E-state index in [1.54, 1.807) is 10.7 Å². The van der Waals surface area contributed by atoms with Gasteiger partial charge in [-0.25, -0.2) is 13.1 Å². The first-order chi connectivity index (χ1) is 10.6. The molecule has 1 aromatic heterocycles. The number of sulfone groups is 1. The van der Waals surface area contributed by atoms with E-state index in [1.165, 1.54) is 0 Å². The minimum Gasteiger partial charge on any atom is -0.310 e. The van der Waals surface area contributed by atoms with Gasteiger partial charge in [-0.05, 0) is 12.1 Å². The summed E-state index contributed by atoms with van der Waals surface area (Å²) in [5.41, 5.74) is 1.39. The van der Waals surface area contributed by atoms with E-state index < -0.39 is 21.5 Å². The summed E-state index contributed by atoms with van der Waals surface area (Å²) in [6, 6.07) is 11.1. The Morgan fingerprint density at radius 1 is 1.22 bits per heavy atom. The van der Waals surface area contributed by atoms with Crippen LogP contribution in [0.15, 0.2) is 36.4 Å². The molecule has 0 spiro atoms. The molecule has 0 unspecified atom stereocenters. The third-order valence-corrected chi connectivity index (χ3v) is 3.93. The molecule has 0 aliphatic rings. The number of aromatic nitrogens is 2. The lowest BCUT2D eigenvalue weighted by Gasteiger charge is -2.14. The molecular weight excluding hydrogens is 314 g/mol. The molecule has 0 fully saturated rings. The van der Waals surface area contributed by atoms with Crippen molar-refractivity contribution in [2.24, 2.45) is 0 Å². The van der Waals surface area contributed by atoms with E-state index in [4.69, 9.17) is 0 Å². The summed E-state index contributed by atoms with van der Waals surface area (Å²) in [6.45, 7) is 6.06. The maximum absolute atomic E-state index is 11.9. The van der Waals surface area contributed by atoms with Crippen LogP contribution in [0.3, 0.4) is 0 Å². The van der Waals surface area contributed by atoms with Gasteiger partial charge in [0.15, 0.2) is 9.84 Å². The maximum Gasteiger partial charge on any atom is 0.240 e. The lowest BCUT2D eigenvalue weighted by molar-refractivity contribution is -0.113. The third kappa shape index (κ3) is 4.66. The first-order valence-corrected chi connectivity index (χ1v) is 9.26. The molecule has 1 amide bonds. The van der Waals surface area contributed by atoms with E-state index in [1.807, 2.05) is 51.1 Å². The number of nitrogens with one attached hydrogen (secondary N) is 1. The molecule has 1 heterocycles. The number of hydrogen-bond donors (Lipinski definition) is 1.